The van der Waals surface area contributed by atoms with Crippen LogP contribution in [0.4, 0.5) is 0 Å². The van der Waals surface area contributed by atoms with Crippen LogP contribution in [0.1, 0.15) is 33.9 Å². The Morgan fingerprint density at radius 2 is 1.32 bits per heavy atom. The van der Waals surface area contributed by atoms with Gasteiger partial charge in [0.1, 0.15) is 6.61 Å². The molecule has 4 aromatic carbocycles. The number of ether oxygens (including phenoxy) is 4. The first-order chi connectivity index (χ1) is 18.7. The first-order valence-electron chi connectivity index (χ1n) is 13.0. The fourth-order valence-electron chi connectivity index (χ4n) is 5.25. The van der Waals surface area contributed by atoms with Crippen molar-refractivity contribution in [3.63, 3.8) is 0 Å². The summed E-state index contributed by atoms with van der Waals surface area (Å²) in [6.45, 7) is 2.34. The van der Waals surface area contributed by atoms with Crippen LogP contribution in [0.15, 0.2) is 91.0 Å². The molecule has 0 saturated carbocycles. The zero-order valence-corrected chi connectivity index (χ0v) is 22.4. The van der Waals surface area contributed by atoms with Crippen LogP contribution in [0, 0.1) is 0 Å². The molecule has 0 aromatic heterocycles. The Morgan fingerprint density at radius 3 is 2.00 bits per heavy atom. The second kappa shape index (κ2) is 12.1. The van der Waals surface area contributed by atoms with Crippen molar-refractivity contribution in [2.24, 2.45) is 0 Å². The molecule has 0 fully saturated rings. The van der Waals surface area contributed by atoms with E-state index >= 15 is 0 Å². The molecule has 0 radical (unpaired) electrons. The summed E-state index contributed by atoms with van der Waals surface area (Å²) in [5, 5.41) is 0. The molecular formula is C33H35NO4. The number of rotatable bonds is 10. The minimum Gasteiger partial charge on any atom is -0.493 e. The van der Waals surface area contributed by atoms with Crippen molar-refractivity contribution in [1.29, 1.82) is 0 Å². The third-order valence-electron chi connectivity index (χ3n) is 7.24. The summed E-state index contributed by atoms with van der Waals surface area (Å²) in [7, 11) is 5.08. The maximum atomic E-state index is 6.23. The number of hydrogen-bond acceptors (Lipinski definition) is 5. The van der Waals surface area contributed by atoms with E-state index in [9.17, 15) is 0 Å². The minimum absolute atomic E-state index is 0.175. The van der Waals surface area contributed by atoms with Gasteiger partial charge in [0.05, 0.1) is 21.3 Å². The van der Waals surface area contributed by atoms with Crippen LogP contribution in [0.25, 0.3) is 0 Å². The lowest BCUT2D eigenvalue weighted by Crippen LogP contribution is -2.36. The van der Waals surface area contributed by atoms with Crippen LogP contribution < -0.4 is 18.9 Å². The van der Waals surface area contributed by atoms with Gasteiger partial charge in [-0.2, -0.15) is 0 Å². The highest BCUT2D eigenvalue weighted by Crippen LogP contribution is 2.41. The molecule has 5 heteroatoms. The summed E-state index contributed by atoms with van der Waals surface area (Å²) >= 11 is 0. The van der Waals surface area contributed by atoms with Crippen LogP contribution >= 0.6 is 0 Å². The highest BCUT2D eigenvalue weighted by molar-refractivity contribution is 5.50. The molecule has 0 saturated heterocycles. The Hall–Kier alpha value is -3.96. The van der Waals surface area contributed by atoms with Crippen molar-refractivity contribution >= 4 is 0 Å². The van der Waals surface area contributed by atoms with Crippen molar-refractivity contribution in [3.05, 3.63) is 119 Å². The van der Waals surface area contributed by atoms with E-state index < -0.39 is 0 Å². The van der Waals surface area contributed by atoms with Crippen LogP contribution in [-0.2, 0) is 26.0 Å². The summed E-state index contributed by atoms with van der Waals surface area (Å²) in [6.07, 6.45) is 1.80. The number of fused-ring (bicyclic) bond motifs is 1. The molecule has 1 unspecified atom stereocenters. The van der Waals surface area contributed by atoms with E-state index in [0.29, 0.717) is 6.61 Å². The molecule has 1 heterocycles. The Bertz CT molecular complexity index is 1340. The van der Waals surface area contributed by atoms with Gasteiger partial charge in [0.2, 0.25) is 0 Å². The first kappa shape index (κ1) is 25.7. The normalized spacial score (nSPS) is 15.0. The monoisotopic (exact) mass is 509 g/mol. The van der Waals surface area contributed by atoms with Gasteiger partial charge < -0.3 is 18.9 Å². The van der Waals surface area contributed by atoms with Gasteiger partial charge in [0.25, 0.3) is 0 Å². The zero-order valence-electron chi connectivity index (χ0n) is 22.4. The number of hydrogen-bond donors (Lipinski definition) is 0. The number of benzene rings is 4. The topological polar surface area (TPSA) is 40.2 Å². The maximum absolute atomic E-state index is 6.23. The second-order valence-electron chi connectivity index (χ2n) is 9.59. The smallest absolute Gasteiger partial charge is 0.161 e. The van der Waals surface area contributed by atoms with Gasteiger partial charge in [-0.3, -0.25) is 4.90 Å². The van der Waals surface area contributed by atoms with E-state index in [4.69, 9.17) is 18.9 Å². The Kier molecular flexibility index (Phi) is 8.15. The molecule has 4 aromatic rings. The van der Waals surface area contributed by atoms with Crippen LogP contribution in [0.5, 0.6) is 23.0 Å². The third-order valence-corrected chi connectivity index (χ3v) is 7.24. The molecule has 5 nitrogen and oxygen atoms in total. The zero-order chi connectivity index (χ0) is 26.3. The SMILES string of the molecule is COc1cc2c(cc1OC)C(Cc1ccc(OC)c(OCc3ccccc3)c1)N(Cc1ccccc1)CC2. The lowest BCUT2D eigenvalue weighted by atomic mass is 9.87. The largest absolute Gasteiger partial charge is 0.493 e. The molecule has 5 rings (SSSR count). The van der Waals surface area contributed by atoms with E-state index in [1.165, 1.54) is 22.3 Å². The standard InChI is InChI=1S/C33H35NO4/c1-35-30-15-14-26(19-33(30)38-23-25-12-8-5-9-13-25)18-29-28-21-32(37-3)31(36-2)20-27(28)16-17-34(29)22-24-10-6-4-7-11-24/h4-15,19-21,29H,16-18,22-23H2,1-3H3. The summed E-state index contributed by atoms with van der Waals surface area (Å²) in [4.78, 5) is 2.57. The lowest BCUT2D eigenvalue weighted by Gasteiger charge is -2.38. The Labute approximate surface area is 225 Å². The molecule has 0 spiro atoms. The van der Waals surface area contributed by atoms with Gasteiger partial charge >= 0.3 is 0 Å². The molecule has 1 atom stereocenters. The first-order valence-corrected chi connectivity index (χ1v) is 13.0. The fraction of sp³-hybridized carbons (Fsp3) is 0.273. The van der Waals surface area contributed by atoms with E-state index in [2.05, 4.69) is 71.6 Å². The number of nitrogens with zero attached hydrogens (tertiary/aromatic N) is 1. The molecule has 1 aliphatic rings. The third kappa shape index (κ3) is 5.79. The summed E-state index contributed by atoms with van der Waals surface area (Å²) in [6, 6.07) is 31.6. The number of methoxy groups -OCH3 is 3. The summed E-state index contributed by atoms with van der Waals surface area (Å²) < 4.78 is 23.2. The minimum atomic E-state index is 0.175. The van der Waals surface area contributed by atoms with Gasteiger partial charge in [-0.15, -0.1) is 0 Å². The van der Waals surface area contributed by atoms with Gasteiger partial charge in [-0.1, -0.05) is 66.7 Å². The van der Waals surface area contributed by atoms with E-state index in [1.807, 2.05) is 24.3 Å². The lowest BCUT2D eigenvalue weighted by molar-refractivity contribution is 0.174. The van der Waals surface area contributed by atoms with Gasteiger partial charge in [-0.05, 0) is 64.9 Å². The van der Waals surface area contributed by atoms with Crippen molar-refractivity contribution < 1.29 is 18.9 Å². The molecule has 38 heavy (non-hydrogen) atoms. The van der Waals surface area contributed by atoms with Gasteiger partial charge in [0.15, 0.2) is 23.0 Å². The van der Waals surface area contributed by atoms with E-state index in [0.717, 1.165) is 54.5 Å². The highest BCUT2D eigenvalue weighted by Gasteiger charge is 2.29. The van der Waals surface area contributed by atoms with Crippen LogP contribution in [-0.4, -0.2) is 32.8 Å². The molecular weight excluding hydrogens is 474 g/mol. The molecule has 0 N–H and O–H groups in total. The Morgan fingerprint density at radius 1 is 0.658 bits per heavy atom. The highest BCUT2D eigenvalue weighted by atomic mass is 16.5. The van der Waals surface area contributed by atoms with Crippen molar-refractivity contribution in [3.8, 4) is 23.0 Å². The average molecular weight is 510 g/mol. The van der Waals surface area contributed by atoms with E-state index in [-0.39, 0.29) is 6.04 Å². The van der Waals surface area contributed by atoms with Gasteiger partial charge in [-0.25, -0.2) is 0 Å². The average Bonchev–Trinajstić information content (AvgIpc) is 2.97. The molecule has 1 aliphatic heterocycles. The molecule has 0 aliphatic carbocycles. The predicted molar refractivity (Wildman–Crippen MR) is 150 cm³/mol. The fourth-order valence-corrected chi connectivity index (χ4v) is 5.25. The van der Waals surface area contributed by atoms with Crippen molar-refractivity contribution in [2.75, 3.05) is 27.9 Å². The van der Waals surface area contributed by atoms with Crippen LogP contribution in [0.2, 0.25) is 0 Å². The van der Waals surface area contributed by atoms with Crippen molar-refractivity contribution in [2.45, 2.75) is 32.0 Å². The Balaban J connectivity index is 1.47. The second-order valence-corrected chi connectivity index (χ2v) is 9.59. The van der Waals surface area contributed by atoms with Gasteiger partial charge in [0, 0.05) is 19.1 Å². The van der Waals surface area contributed by atoms with Crippen molar-refractivity contribution in [1.82, 2.24) is 4.90 Å². The van der Waals surface area contributed by atoms with E-state index in [1.54, 1.807) is 21.3 Å². The van der Waals surface area contributed by atoms with Crippen LogP contribution in [0.3, 0.4) is 0 Å². The maximum Gasteiger partial charge on any atom is 0.161 e. The summed E-state index contributed by atoms with van der Waals surface area (Å²) in [5.41, 5.74) is 6.22. The predicted octanol–water partition coefficient (Wildman–Crippen LogP) is 6.63. The molecule has 0 amide bonds. The molecule has 0 bridgehead atoms. The molecule has 196 valence electrons. The summed E-state index contributed by atoms with van der Waals surface area (Å²) in [5.74, 6) is 3.04. The quantitative estimate of drug-likeness (QED) is 0.240.